The van der Waals surface area contributed by atoms with Gasteiger partial charge in [-0.2, -0.15) is 26.3 Å². The number of rotatable bonds is 4. The molecule has 0 radical (unpaired) electrons. The van der Waals surface area contributed by atoms with Crippen LogP contribution in [0.2, 0.25) is 0 Å². The van der Waals surface area contributed by atoms with Gasteiger partial charge in [-0.05, 0) is 60.7 Å². The van der Waals surface area contributed by atoms with Gasteiger partial charge in [0.2, 0.25) is 0 Å². The predicted octanol–water partition coefficient (Wildman–Crippen LogP) is 6.64. The summed E-state index contributed by atoms with van der Waals surface area (Å²) in [6.07, 6.45) is -6.99. The first kappa shape index (κ1) is 22.9. The van der Waals surface area contributed by atoms with E-state index in [1.807, 2.05) is 0 Å². The molecule has 0 saturated carbocycles. The monoisotopic (exact) mass is 452 g/mol. The Morgan fingerprint density at radius 2 is 0.906 bits per heavy atom. The smallest absolute Gasteiger partial charge is 0.416 e. The number of nitrogens with zero attached hydrogens (tertiary/aromatic N) is 2. The van der Waals surface area contributed by atoms with Crippen molar-refractivity contribution in [1.29, 1.82) is 0 Å². The summed E-state index contributed by atoms with van der Waals surface area (Å²) in [7, 11) is 0. The molecule has 3 aromatic carbocycles. The maximum atomic E-state index is 12.8. The summed E-state index contributed by atoms with van der Waals surface area (Å²) >= 11 is 0. The fraction of sp³-hybridized carbons (Fsp3) is 0.0909. The first-order valence-corrected chi connectivity index (χ1v) is 8.92. The van der Waals surface area contributed by atoms with Gasteiger partial charge in [0.05, 0.1) is 22.5 Å². The summed E-state index contributed by atoms with van der Waals surface area (Å²) in [5.74, 6) is -0.743. The van der Waals surface area contributed by atoms with Crippen LogP contribution in [0.4, 0.5) is 37.7 Å². The molecule has 4 nitrogen and oxygen atoms in total. The highest BCUT2D eigenvalue weighted by molar-refractivity contribution is 5.87. The van der Waals surface area contributed by atoms with E-state index in [1.54, 1.807) is 0 Å². The van der Waals surface area contributed by atoms with Gasteiger partial charge >= 0.3 is 12.4 Å². The highest BCUT2D eigenvalue weighted by Gasteiger charge is 2.31. The zero-order chi connectivity index (χ0) is 23.5. The first-order valence-electron chi connectivity index (χ1n) is 8.92. The Bertz CT molecular complexity index is 1070. The van der Waals surface area contributed by atoms with Crippen molar-refractivity contribution >= 4 is 23.8 Å². The molecule has 0 aromatic heterocycles. The van der Waals surface area contributed by atoms with Crippen molar-refractivity contribution < 1.29 is 36.6 Å². The molecule has 0 spiro atoms. The zero-order valence-electron chi connectivity index (χ0n) is 16.0. The van der Waals surface area contributed by atoms with E-state index in [2.05, 4.69) is 9.98 Å². The molecule has 0 amide bonds. The van der Waals surface area contributed by atoms with E-state index in [1.165, 1.54) is 24.3 Å². The lowest BCUT2D eigenvalue weighted by atomic mass is 10.1. The topological polar surface area (TPSA) is 65.2 Å². The van der Waals surface area contributed by atoms with Crippen LogP contribution >= 0.6 is 0 Å². The van der Waals surface area contributed by atoms with Gasteiger partial charge in [-0.15, -0.1) is 0 Å². The molecule has 0 unspecified atom stereocenters. The Labute approximate surface area is 177 Å². The Kier molecular flexibility index (Phi) is 6.24. The Balaban J connectivity index is 1.77. The maximum Gasteiger partial charge on any atom is 0.416 e. The van der Waals surface area contributed by atoms with Gasteiger partial charge in [0.25, 0.3) is 0 Å². The molecular weight excluding hydrogens is 438 g/mol. The molecular formula is C22H14F6N2O2. The molecule has 0 heterocycles. The van der Waals surface area contributed by atoms with Gasteiger partial charge in [-0.25, -0.2) is 0 Å². The van der Waals surface area contributed by atoms with E-state index < -0.39 is 23.5 Å². The minimum Gasteiger partial charge on any atom is -0.507 e. The molecule has 0 aliphatic heterocycles. The van der Waals surface area contributed by atoms with Crippen molar-refractivity contribution in [3.63, 3.8) is 0 Å². The van der Waals surface area contributed by atoms with E-state index >= 15 is 0 Å². The Hall–Kier alpha value is -3.82. The quantitative estimate of drug-likeness (QED) is 0.344. The maximum absolute atomic E-state index is 12.8. The van der Waals surface area contributed by atoms with Crippen molar-refractivity contribution in [2.75, 3.05) is 0 Å². The number of alkyl halides is 6. The van der Waals surface area contributed by atoms with Crippen molar-refractivity contribution in [2.24, 2.45) is 9.98 Å². The molecule has 0 saturated heterocycles. The fourth-order valence-corrected chi connectivity index (χ4v) is 2.58. The number of phenolic OH excluding ortho intramolecular Hbond substituents is 2. The van der Waals surface area contributed by atoms with Crippen LogP contribution in [0.25, 0.3) is 0 Å². The number of halogens is 6. The standard InChI is InChI=1S/C22H14F6N2O2/c23-21(24,25)15-1-7-19(31)13(9-15)11-29-17-3-5-18(6-4-17)30-12-14-10-16(22(26,27)28)2-8-20(14)32/h1-12,31-32H. The van der Waals surface area contributed by atoms with Crippen LogP contribution in [0, 0.1) is 0 Å². The third-order valence-corrected chi connectivity index (χ3v) is 4.26. The lowest BCUT2D eigenvalue weighted by Crippen LogP contribution is -2.05. The molecule has 0 fully saturated rings. The van der Waals surface area contributed by atoms with Crippen LogP contribution in [0.1, 0.15) is 22.3 Å². The Morgan fingerprint density at radius 3 is 1.22 bits per heavy atom. The third-order valence-electron chi connectivity index (χ3n) is 4.26. The second-order valence-electron chi connectivity index (χ2n) is 6.58. The lowest BCUT2D eigenvalue weighted by molar-refractivity contribution is -0.138. The molecule has 0 bridgehead atoms. The molecule has 3 rings (SSSR count). The molecule has 0 aliphatic rings. The minimum absolute atomic E-state index is 0.123. The number of hydrogen-bond donors (Lipinski definition) is 2. The summed E-state index contributed by atoms with van der Waals surface area (Å²) in [4.78, 5) is 8.01. The molecule has 166 valence electrons. The fourth-order valence-electron chi connectivity index (χ4n) is 2.58. The van der Waals surface area contributed by atoms with E-state index in [0.717, 1.165) is 48.8 Å². The first-order chi connectivity index (χ1) is 14.9. The second kappa shape index (κ2) is 8.74. The van der Waals surface area contributed by atoms with Crippen LogP contribution in [0.5, 0.6) is 11.5 Å². The van der Waals surface area contributed by atoms with E-state index in [-0.39, 0.29) is 22.6 Å². The summed E-state index contributed by atoms with van der Waals surface area (Å²) in [6.45, 7) is 0. The molecule has 0 aliphatic carbocycles. The number of aliphatic imine (C=N–C) groups is 2. The van der Waals surface area contributed by atoms with Crippen LogP contribution in [-0.4, -0.2) is 22.6 Å². The van der Waals surface area contributed by atoms with Gasteiger partial charge in [0.1, 0.15) is 11.5 Å². The number of benzene rings is 3. The number of hydrogen-bond acceptors (Lipinski definition) is 4. The van der Waals surface area contributed by atoms with E-state index in [0.29, 0.717) is 11.4 Å². The highest BCUT2D eigenvalue weighted by Crippen LogP contribution is 2.33. The van der Waals surface area contributed by atoms with Crippen LogP contribution in [0.3, 0.4) is 0 Å². The second-order valence-corrected chi connectivity index (χ2v) is 6.58. The molecule has 0 atom stereocenters. The molecule has 32 heavy (non-hydrogen) atoms. The average molecular weight is 452 g/mol. The van der Waals surface area contributed by atoms with Crippen LogP contribution < -0.4 is 0 Å². The summed E-state index contributed by atoms with van der Waals surface area (Å²) in [5.41, 5.74) is -1.44. The summed E-state index contributed by atoms with van der Waals surface area (Å²) < 4.78 is 76.8. The normalized spacial score (nSPS) is 12.7. The summed E-state index contributed by atoms with van der Waals surface area (Å²) in [5, 5.41) is 19.4. The van der Waals surface area contributed by atoms with Crippen molar-refractivity contribution in [1.82, 2.24) is 0 Å². The van der Waals surface area contributed by atoms with Crippen molar-refractivity contribution in [2.45, 2.75) is 12.4 Å². The SMILES string of the molecule is Oc1ccc(C(F)(F)F)cc1C=Nc1ccc(N=Cc2cc(C(F)(F)F)ccc2O)cc1. The largest absolute Gasteiger partial charge is 0.507 e. The van der Waals surface area contributed by atoms with Gasteiger partial charge in [0.15, 0.2) is 0 Å². The van der Waals surface area contributed by atoms with Crippen LogP contribution in [-0.2, 0) is 12.4 Å². The molecule has 2 N–H and O–H groups in total. The number of aromatic hydroxyl groups is 2. The van der Waals surface area contributed by atoms with Crippen LogP contribution in [0.15, 0.2) is 70.6 Å². The zero-order valence-corrected chi connectivity index (χ0v) is 16.0. The molecule has 10 heteroatoms. The minimum atomic E-state index is -4.57. The Morgan fingerprint density at radius 1 is 0.562 bits per heavy atom. The van der Waals surface area contributed by atoms with Gasteiger partial charge in [-0.1, -0.05) is 0 Å². The molecule has 3 aromatic rings. The van der Waals surface area contributed by atoms with Gasteiger partial charge < -0.3 is 10.2 Å². The summed E-state index contributed by atoms with van der Waals surface area (Å²) in [6, 6.07) is 10.8. The van der Waals surface area contributed by atoms with E-state index in [4.69, 9.17) is 0 Å². The average Bonchev–Trinajstić information content (AvgIpc) is 2.71. The van der Waals surface area contributed by atoms with Crippen molar-refractivity contribution in [3.8, 4) is 11.5 Å². The predicted molar refractivity (Wildman–Crippen MR) is 107 cm³/mol. The van der Waals surface area contributed by atoms with Gasteiger partial charge in [0, 0.05) is 23.6 Å². The van der Waals surface area contributed by atoms with Crippen molar-refractivity contribution in [3.05, 3.63) is 82.9 Å². The highest BCUT2D eigenvalue weighted by atomic mass is 19.4. The number of phenols is 2. The van der Waals surface area contributed by atoms with Gasteiger partial charge in [-0.3, -0.25) is 9.98 Å². The van der Waals surface area contributed by atoms with E-state index in [9.17, 15) is 36.6 Å². The third kappa shape index (κ3) is 5.65. The lowest BCUT2D eigenvalue weighted by Gasteiger charge is -2.08.